The van der Waals surface area contributed by atoms with Gasteiger partial charge in [0.25, 0.3) is 0 Å². The molecular formula is C18H36O6. The van der Waals surface area contributed by atoms with Crippen molar-refractivity contribution in [3.8, 4) is 0 Å². The van der Waals surface area contributed by atoms with Crippen LogP contribution in [0, 0.1) is 0 Å². The van der Waals surface area contributed by atoms with Gasteiger partial charge in [-0.25, -0.2) is 0 Å². The number of aliphatic hydroxyl groups is 3. The summed E-state index contributed by atoms with van der Waals surface area (Å²) in [5.41, 5.74) is 0. The Bertz CT molecular complexity index is 301. The monoisotopic (exact) mass is 348 g/mol. The smallest absolute Gasteiger partial charge is 0.186 e. The minimum absolute atomic E-state index is 0.0871. The number of hydrogen-bond acceptors (Lipinski definition) is 6. The Hall–Kier alpha value is -0.240. The molecule has 0 aromatic heterocycles. The predicted octanol–water partition coefficient (Wildman–Crippen LogP) is 1.99. The van der Waals surface area contributed by atoms with Gasteiger partial charge in [0.2, 0.25) is 0 Å². The van der Waals surface area contributed by atoms with E-state index in [1.54, 1.807) is 0 Å². The molecule has 5 atom stereocenters. The van der Waals surface area contributed by atoms with Crippen molar-refractivity contribution in [2.24, 2.45) is 0 Å². The zero-order valence-electron chi connectivity index (χ0n) is 15.2. The molecule has 6 heteroatoms. The summed E-state index contributed by atoms with van der Waals surface area (Å²) in [7, 11) is 0. The summed E-state index contributed by atoms with van der Waals surface area (Å²) in [5, 5.41) is 30.2. The summed E-state index contributed by atoms with van der Waals surface area (Å²) < 4.78 is 16.4. The second-order valence-electron chi connectivity index (χ2n) is 6.58. The highest BCUT2D eigenvalue weighted by atomic mass is 16.7. The van der Waals surface area contributed by atoms with E-state index in [-0.39, 0.29) is 6.61 Å². The van der Waals surface area contributed by atoms with Crippen LogP contribution in [-0.2, 0) is 14.2 Å². The summed E-state index contributed by atoms with van der Waals surface area (Å²) in [6, 6.07) is 0. The summed E-state index contributed by atoms with van der Waals surface area (Å²) in [6.07, 6.45) is 3.64. The van der Waals surface area contributed by atoms with Crippen LogP contribution < -0.4 is 0 Å². The topological polar surface area (TPSA) is 88.4 Å². The van der Waals surface area contributed by atoms with Gasteiger partial charge in [-0.3, -0.25) is 0 Å². The van der Waals surface area contributed by atoms with E-state index < -0.39 is 30.7 Å². The van der Waals surface area contributed by atoms with Crippen LogP contribution in [0.5, 0.6) is 0 Å². The van der Waals surface area contributed by atoms with Gasteiger partial charge in [0, 0.05) is 13.2 Å². The zero-order valence-corrected chi connectivity index (χ0v) is 15.2. The first-order valence-corrected chi connectivity index (χ1v) is 9.50. The van der Waals surface area contributed by atoms with Crippen LogP contribution >= 0.6 is 0 Å². The molecule has 0 amide bonds. The maximum Gasteiger partial charge on any atom is 0.186 e. The fourth-order valence-corrected chi connectivity index (χ4v) is 2.79. The van der Waals surface area contributed by atoms with Crippen LogP contribution in [0.3, 0.4) is 0 Å². The summed E-state index contributed by atoms with van der Waals surface area (Å²) in [6.45, 7) is 5.44. The molecule has 6 nitrogen and oxygen atoms in total. The maximum atomic E-state index is 10.1. The zero-order chi connectivity index (χ0) is 17.8. The Labute approximate surface area is 146 Å². The van der Waals surface area contributed by atoms with E-state index in [1.165, 1.54) is 12.8 Å². The van der Waals surface area contributed by atoms with Gasteiger partial charge in [-0.05, 0) is 12.8 Å². The molecule has 0 unspecified atom stereocenters. The average molecular weight is 348 g/mol. The van der Waals surface area contributed by atoms with Crippen molar-refractivity contribution in [1.29, 1.82) is 0 Å². The fourth-order valence-electron chi connectivity index (χ4n) is 2.79. The van der Waals surface area contributed by atoms with Crippen molar-refractivity contribution in [3.05, 3.63) is 0 Å². The molecule has 1 saturated heterocycles. The second kappa shape index (κ2) is 13.0. The summed E-state index contributed by atoms with van der Waals surface area (Å²) >= 11 is 0. The molecule has 0 aliphatic carbocycles. The molecule has 0 aromatic carbocycles. The predicted molar refractivity (Wildman–Crippen MR) is 91.7 cm³/mol. The Morgan fingerprint density at radius 2 is 1.50 bits per heavy atom. The molecule has 3 N–H and O–H groups in total. The van der Waals surface area contributed by atoms with Crippen LogP contribution in [0.2, 0.25) is 0 Å². The third kappa shape index (κ3) is 7.76. The Morgan fingerprint density at radius 1 is 0.875 bits per heavy atom. The molecule has 144 valence electrons. The van der Waals surface area contributed by atoms with Crippen molar-refractivity contribution in [3.63, 3.8) is 0 Å². The van der Waals surface area contributed by atoms with Crippen LogP contribution in [0.25, 0.3) is 0 Å². The molecular weight excluding hydrogens is 312 g/mol. The van der Waals surface area contributed by atoms with Gasteiger partial charge in [-0.2, -0.15) is 0 Å². The molecule has 1 rings (SSSR count). The Kier molecular flexibility index (Phi) is 11.8. The van der Waals surface area contributed by atoms with Crippen molar-refractivity contribution in [2.45, 2.75) is 95.9 Å². The van der Waals surface area contributed by atoms with E-state index in [1.807, 2.05) is 0 Å². The van der Waals surface area contributed by atoms with Gasteiger partial charge in [0.15, 0.2) is 6.29 Å². The van der Waals surface area contributed by atoms with E-state index in [4.69, 9.17) is 14.2 Å². The van der Waals surface area contributed by atoms with Crippen LogP contribution in [-0.4, -0.2) is 65.8 Å². The van der Waals surface area contributed by atoms with E-state index in [0.717, 1.165) is 38.5 Å². The van der Waals surface area contributed by atoms with Gasteiger partial charge in [0.1, 0.15) is 24.4 Å². The SMILES string of the molecule is CCCCCCOC[C@H](O)[C@@H]1O[C@H](OCCCCCC)[C@H](O)[C@H]1O. The van der Waals surface area contributed by atoms with Crippen molar-refractivity contribution in [1.82, 2.24) is 0 Å². The lowest BCUT2D eigenvalue weighted by Gasteiger charge is -2.20. The Balaban J connectivity index is 2.22. The number of aliphatic hydroxyl groups excluding tert-OH is 3. The van der Waals surface area contributed by atoms with Crippen molar-refractivity contribution >= 4 is 0 Å². The molecule has 0 bridgehead atoms. The quantitative estimate of drug-likeness (QED) is 0.416. The lowest BCUT2D eigenvalue weighted by molar-refractivity contribution is -0.182. The molecule has 0 radical (unpaired) electrons. The van der Waals surface area contributed by atoms with E-state index in [0.29, 0.717) is 13.2 Å². The first-order chi connectivity index (χ1) is 11.6. The Morgan fingerprint density at radius 3 is 2.12 bits per heavy atom. The van der Waals surface area contributed by atoms with Gasteiger partial charge in [-0.1, -0.05) is 52.4 Å². The summed E-state index contributed by atoms with van der Waals surface area (Å²) in [4.78, 5) is 0. The molecule has 0 saturated carbocycles. The third-order valence-corrected chi connectivity index (χ3v) is 4.35. The molecule has 1 heterocycles. The lowest BCUT2D eigenvalue weighted by Crippen LogP contribution is -2.41. The van der Waals surface area contributed by atoms with E-state index in [2.05, 4.69) is 13.8 Å². The molecule has 1 fully saturated rings. The number of unbranched alkanes of at least 4 members (excludes halogenated alkanes) is 6. The van der Waals surface area contributed by atoms with Crippen LogP contribution in [0.15, 0.2) is 0 Å². The standard InChI is InChI=1S/C18H36O6/c1-3-5-7-9-11-22-13-14(19)17-15(20)16(21)18(24-17)23-12-10-8-6-4-2/h14-21H,3-13H2,1-2H3/t14-,15+,16+,17-,18-/m0/s1. The van der Waals surface area contributed by atoms with Gasteiger partial charge in [-0.15, -0.1) is 0 Å². The summed E-state index contributed by atoms with van der Waals surface area (Å²) in [5.74, 6) is 0. The number of rotatable bonds is 14. The number of hydrogen-bond donors (Lipinski definition) is 3. The third-order valence-electron chi connectivity index (χ3n) is 4.35. The minimum Gasteiger partial charge on any atom is -0.388 e. The largest absolute Gasteiger partial charge is 0.388 e. The molecule has 1 aliphatic heterocycles. The normalized spacial score (nSPS) is 28.4. The highest BCUT2D eigenvalue weighted by Crippen LogP contribution is 2.25. The minimum atomic E-state index is -1.16. The van der Waals surface area contributed by atoms with Gasteiger partial charge >= 0.3 is 0 Å². The molecule has 0 aromatic rings. The van der Waals surface area contributed by atoms with Gasteiger partial charge in [0.05, 0.1) is 6.61 Å². The fraction of sp³-hybridized carbons (Fsp3) is 1.00. The second-order valence-corrected chi connectivity index (χ2v) is 6.58. The molecule has 24 heavy (non-hydrogen) atoms. The highest BCUT2D eigenvalue weighted by molar-refractivity contribution is 4.90. The van der Waals surface area contributed by atoms with Crippen LogP contribution in [0.1, 0.15) is 65.2 Å². The molecule has 1 aliphatic rings. The first-order valence-electron chi connectivity index (χ1n) is 9.50. The highest BCUT2D eigenvalue weighted by Gasteiger charge is 2.46. The van der Waals surface area contributed by atoms with E-state index >= 15 is 0 Å². The number of ether oxygens (including phenoxy) is 3. The first kappa shape index (κ1) is 21.8. The van der Waals surface area contributed by atoms with E-state index in [9.17, 15) is 15.3 Å². The lowest BCUT2D eigenvalue weighted by atomic mass is 10.1. The van der Waals surface area contributed by atoms with Gasteiger partial charge < -0.3 is 29.5 Å². The van der Waals surface area contributed by atoms with Crippen LogP contribution in [0.4, 0.5) is 0 Å². The maximum absolute atomic E-state index is 10.1. The average Bonchev–Trinajstić information content (AvgIpc) is 2.86. The van der Waals surface area contributed by atoms with Crippen molar-refractivity contribution < 1.29 is 29.5 Å². The molecule has 0 spiro atoms. The van der Waals surface area contributed by atoms with Crippen molar-refractivity contribution in [2.75, 3.05) is 19.8 Å².